The van der Waals surface area contributed by atoms with Crippen molar-refractivity contribution in [2.75, 3.05) is 7.11 Å². The Bertz CT molecular complexity index is 689. The molecule has 1 atom stereocenters. The third kappa shape index (κ3) is 3.46. The molecule has 22 heavy (non-hydrogen) atoms. The molecule has 2 aromatic carbocycles. The fraction of sp³-hybridized carbons (Fsp3) is 0.125. The zero-order valence-corrected chi connectivity index (χ0v) is 11.7. The first-order chi connectivity index (χ1) is 10.5. The number of carbonyl (C=O) groups is 2. The number of amides is 1. The smallest absolute Gasteiger partial charge is 0.333 e. The number of hydrogen-bond donors (Lipinski definition) is 1. The Morgan fingerprint density at radius 1 is 1.09 bits per heavy atom. The average molecular weight is 305 g/mol. The predicted molar refractivity (Wildman–Crippen MR) is 75.0 cm³/mol. The van der Waals surface area contributed by atoms with E-state index in [2.05, 4.69) is 10.1 Å². The van der Waals surface area contributed by atoms with Gasteiger partial charge in [-0.3, -0.25) is 4.79 Å². The molecular formula is C16H13F2NO3. The lowest BCUT2D eigenvalue weighted by atomic mass is 10.1. The molecule has 0 aliphatic rings. The maximum atomic E-state index is 13.8. The molecule has 0 fully saturated rings. The molecule has 0 aliphatic heterocycles. The molecular weight excluding hydrogens is 292 g/mol. The van der Waals surface area contributed by atoms with E-state index in [9.17, 15) is 18.4 Å². The summed E-state index contributed by atoms with van der Waals surface area (Å²) in [6, 6.07) is 9.30. The van der Waals surface area contributed by atoms with Crippen molar-refractivity contribution in [2.45, 2.75) is 6.04 Å². The van der Waals surface area contributed by atoms with E-state index in [1.807, 2.05) is 0 Å². The van der Waals surface area contributed by atoms with Crippen molar-refractivity contribution in [3.05, 3.63) is 71.3 Å². The molecule has 0 saturated carbocycles. The van der Waals surface area contributed by atoms with Crippen molar-refractivity contribution in [1.82, 2.24) is 5.32 Å². The standard InChI is InChI=1S/C16H13F2NO3/c1-22-16(21)14(12-9-11(17)7-8-13(12)18)19-15(20)10-5-3-2-4-6-10/h2-9,14H,1H3,(H,19,20)/t14-/m0/s1. The van der Waals surface area contributed by atoms with Crippen LogP contribution in [0.4, 0.5) is 8.78 Å². The Kier molecular flexibility index (Phi) is 4.83. The van der Waals surface area contributed by atoms with Gasteiger partial charge in [0.25, 0.3) is 5.91 Å². The van der Waals surface area contributed by atoms with Gasteiger partial charge in [0.05, 0.1) is 7.11 Å². The number of esters is 1. The second kappa shape index (κ2) is 6.80. The zero-order chi connectivity index (χ0) is 16.1. The molecule has 1 amide bonds. The molecule has 0 spiro atoms. The summed E-state index contributed by atoms with van der Waals surface area (Å²) in [5.41, 5.74) is -0.00987. The first-order valence-corrected chi connectivity index (χ1v) is 6.41. The van der Waals surface area contributed by atoms with Crippen molar-refractivity contribution in [3.8, 4) is 0 Å². The van der Waals surface area contributed by atoms with Gasteiger partial charge in [0, 0.05) is 11.1 Å². The highest BCUT2D eigenvalue weighted by Gasteiger charge is 2.27. The van der Waals surface area contributed by atoms with E-state index in [0.29, 0.717) is 0 Å². The lowest BCUT2D eigenvalue weighted by Crippen LogP contribution is -2.35. The van der Waals surface area contributed by atoms with E-state index in [-0.39, 0.29) is 11.1 Å². The summed E-state index contributed by atoms with van der Waals surface area (Å²) in [7, 11) is 1.10. The molecule has 0 aromatic heterocycles. The van der Waals surface area contributed by atoms with Gasteiger partial charge in [-0.05, 0) is 30.3 Å². The normalized spacial score (nSPS) is 11.6. The summed E-state index contributed by atoms with van der Waals surface area (Å²) < 4.78 is 31.7. The Balaban J connectivity index is 2.33. The second-order valence-corrected chi connectivity index (χ2v) is 4.46. The van der Waals surface area contributed by atoms with Gasteiger partial charge in [-0.2, -0.15) is 0 Å². The van der Waals surface area contributed by atoms with Gasteiger partial charge in [0.1, 0.15) is 11.6 Å². The molecule has 1 N–H and O–H groups in total. The number of rotatable bonds is 4. The molecule has 0 saturated heterocycles. The van der Waals surface area contributed by atoms with Crippen LogP contribution in [0.3, 0.4) is 0 Å². The van der Waals surface area contributed by atoms with Gasteiger partial charge in [0.15, 0.2) is 6.04 Å². The van der Waals surface area contributed by atoms with E-state index in [1.165, 1.54) is 12.1 Å². The zero-order valence-electron chi connectivity index (χ0n) is 11.7. The van der Waals surface area contributed by atoms with Crippen LogP contribution in [0.1, 0.15) is 22.0 Å². The minimum atomic E-state index is -1.44. The Morgan fingerprint density at radius 3 is 2.41 bits per heavy atom. The van der Waals surface area contributed by atoms with E-state index in [0.717, 1.165) is 25.3 Å². The number of methoxy groups -OCH3 is 1. The maximum absolute atomic E-state index is 13.8. The molecule has 0 bridgehead atoms. The third-order valence-corrected chi connectivity index (χ3v) is 3.02. The molecule has 2 rings (SSSR count). The van der Waals surface area contributed by atoms with Crippen LogP contribution in [0.2, 0.25) is 0 Å². The largest absolute Gasteiger partial charge is 0.467 e. The lowest BCUT2D eigenvalue weighted by molar-refractivity contribution is -0.143. The van der Waals surface area contributed by atoms with E-state index in [1.54, 1.807) is 18.2 Å². The first-order valence-electron chi connectivity index (χ1n) is 6.41. The van der Waals surface area contributed by atoms with Gasteiger partial charge < -0.3 is 10.1 Å². The SMILES string of the molecule is COC(=O)[C@@H](NC(=O)c1ccccc1)c1cc(F)ccc1F. The molecule has 0 heterocycles. The van der Waals surface area contributed by atoms with E-state index < -0.39 is 29.6 Å². The molecule has 0 aliphatic carbocycles. The van der Waals surface area contributed by atoms with Gasteiger partial charge in [-0.1, -0.05) is 18.2 Å². The minimum Gasteiger partial charge on any atom is -0.467 e. The fourth-order valence-corrected chi connectivity index (χ4v) is 1.92. The van der Waals surface area contributed by atoms with Crippen molar-refractivity contribution in [1.29, 1.82) is 0 Å². The molecule has 0 unspecified atom stereocenters. The second-order valence-electron chi connectivity index (χ2n) is 4.46. The van der Waals surface area contributed by atoms with Crippen LogP contribution in [0.15, 0.2) is 48.5 Å². The summed E-state index contributed by atoms with van der Waals surface area (Å²) in [6.45, 7) is 0. The van der Waals surface area contributed by atoms with Crippen LogP contribution >= 0.6 is 0 Å². The van der Waals surface area contributed by atoms with Crippen molar-refractivity contribution in [3.63, 3.8) is 0 Å². The van der Waals surface area contributed by atoms with Crippen LogP contribution < -0.4 is 5.32 Å². The molecule has 6 heteroatoms. The summed E-state index contributed by atoms with van der Waals surface area (Å²) in [5, 5.41) is 2.35. The van der Waals surface area contributed by atoms with Crippen molar-refractivity contribution in [2.24, 2.45) is 0 Å². The monoisotopic (exact) mass is 305 g/mol. The summed E-state index contributed by atoms with van der Waals surface area (Å²) in [6.07, 6.45) is 0. The fourth-order valence-electron chi connectivity index (χ4n) is 1.92. The van der Waals surface area contributed by atoms with E-state index in [4.69, 9.17) is 0 Å². The molecule has 2 aromatic rings. The third-order valence-electron chi connectivity index (χ3n) is 3.02. The predicted octanol–water partition coefficient (Wildman–Crippen LogP) is 2.61. The number of hydrogen-bond acceptors (Lipinski definition) is 3. The molecule has 0 radical (unpaired) electrons. The quantitative estimate of drug-likeness (QED) is 0.883. The number of ether oxygens (including phenoxy) is 1. The Labute approximate surface area is 125 Å². The summed E-state index contributed by atoms with van der Waals surface area (Å²) in [4.78, 5) is 23.9. The van der Waals surface area contributed by atoms with Crippen LogP contribution in [0.5, 0.6) is 0 Å². The Hall–Kier alpha value is -2.76. The Morgan fingerprint density at radius 2 is 1.77 bits per heavy atom. The summed E-state index contributed by atoms with van der Waals surface area (Å²) >= 11 is 0. The van der Waals surface area contributed by atoms with Crippen LogP contribution in [-0.4, -0.2) is 19.0 Å². The average Bonchev–Trinajstić information content (AvgIpc) is 2.55. The number of nitrogens with one attached hydrogen (secondary N) is 1. The highest BCUT2D eigenvalue weighted by Crippen LogP contribution is 2.20. The van der Waals surface area contributed by atoms with Crippen molar-refractivity contribution < 1.29 is 23.1 Å². The van der Waals surface area contributed by atoms with Crippen LogP contribution in [-0.2, 0) is 9.53 Å². The highest BCUT2D eigenvalue weighted by molar-refractivity contribution is 5.97. The topological polar surface area (TPSA) is 55.4 Å². The first kappa shape index (κ1) is 15.6. The number of halogens is 2. The van der Waals surface area contributed by atoms with Crippen LogP contribution in [0, 0.1) is 11.6 Å². The van der Waals surface area contributed by atoms with Gasteiger partial charge in [-0.25, -0.2) is 13.6 Å². The molecule has 114 valence electrons. The number of benzene rings is 2. The summed E-state index contributed by atoms with van der Waals surface area (Å²) in [5.74, 6) is -3.03. The number of carbonyl (C=O) groups excluding carboxylic acids is 2. The van der Waals surface area contributed by atoms with Crippen molar-refractivity contribution >= 4 is 11.9 Å². The van der Waals surface area contributed by atoms with Gasteiger partial charge in [-0.15, -0.1) is 0 Å². The lowest BCUT2D eigenvalue weighted by Gasteiger charge is -2.17. The maximum Gasteiger partial charge on any atom is 0.333 e. The minimum absolute atomic E-state index is 0.285. The van der Waals surface area contributed by atoms with Gasteiger partial charge in [0.2, 0.25) is 0 Å². The van der Waals surface area contributed by atoms with Crippen LogP contribution in [0.25, 0.3) is 0 Å². The highest BCUT2D eigenvalue weighted by atomic mass is 19.1. The molecule has 4 nitrogen and oxygen atoms in total. The van der Waals surface area contributed by atoms with E-state index >= 15 is 0 Å². The van der Waals surface area contributed by atoms with Gasteiger partial charge >= 0.3 is 5.97 Å².